The zero-order valence-electron chi connectivity index (χ0n) is 11.4. The van der Waals surface area contributed by atoms with Gasteiger partial charge in [-0.2, -0.15) is 0 Å². The summed E-state index contributed by atoms with van der Waals surface area (Å²) in [6.45, 7) is 0.368. The van der Waals surface area contributed by atoms with Crippen molar-refractivity contribution in [2.75, 3.05) is 7.11 Å². The first kappa shape index (κ1) is 12.0. The van der Waals surface area contributed by atoms with Gasteiger partial charge in [-0.25, -0.2) is 14.5 Å². The van der Waals surface area contributed by atoms with Crippen molar-refractivity contribution in [2.45, 2.75) is 6.61 Å². The summed E-state index contributed by atoms with van der Waals surface area (Å²) in [6.07, 6.45) is 1.60. The molecular weight excluding hydrogens is 268 g/mol. The van der Waals surface area contributed by atoms with Gasteiger partial charge in [-0.3, -0.25) is 0 Å². The summed E-state index contributed by atoms with van der Waals surface area (Å²) in [5.41, 5.74) is 2.28. The smallest absolute Gasteiger partial charge is 0.231 e. The molecule has 4 aromatic rings. The van der Waals surface area contributed by atoms with E-state index >= 15 is 0 Å². The van der Waals surface area contributed by atoms with Crippen LogP contribution in [0, 0.1) is 0 Å². The van der Waals surface area contributed by atoms with Gasteiger partial charge in [-0.05, 0) is 6.07 Å². The SMILES string of the molecule is COCc1nc2c3cc(-c4ccccc4)oc3ncn2n1. The summed E-state index contributed by atoms with van der Waals surface area (Å²) in [5, 5.41) is 5.15. The van der Waals surface area contributed by atoms with Crippen molar-refractivity contribution in [3.8, 4) is 11.3 Å². The summed E-state index contributed by atoms with van der Waals surface area (Å²) >= 11 is 0. The van der Waals surface area contributed by atoms with Gasteiger partial charge in [0.2, 0.25) is 5.71 Å². The molecule has 0 unspecified atom stereocenters. The Morgan fingerprint density at radius 1 is 1.24 bits per heavy atom. The highest BCUT2D eigenvalue weighted by atomic mass is 16.5. The van der Waals surface area contributed by atoms with Crippen molar-refractivity contribution in [3.63, 3.8) is 0 Å². The van der Waals surface area contributed by atoms with E-state index in [1.165, 1.54) is 0 Å². The molecule has 0 saturated carbocycles. The lowest BCUT2D eigenvalue weighted by molar-refractivity contribution is 0.178. The second-order valence-corrected chi connectivity index (χ2v) is 4.67. The van der Waals surface area contributed by atoms with Crippen LogP contribution in [0.25, 0.3) is 28.1 Å². The van der Waals surface area contributed by atoms with Crippen molar-refractivity contribution in [1.29, 1.82) is 0 Å². The van der Waals surface area contributed by atoms with E-state index < -0.39 is 0 Å². The van der Waals surface area contributed by atoms with Gasteiger partial charge in [-0.15, -0.1) is 5.10 Å². The highest BCUT2D eigenvalue weighted by Crippen LogP contribution is 2.28. The number of benzene rings is 1. The number of rotatable bonds is 3. The highest BCUT2D eigenvalue weighted by Gasteiger charge is 2.13. The van der Waals surface area contributed by atoms with Gasteiger partial charge in [-0.1, -0.05) is 30.3 Å². The first-order chi connectivity index (χ1) is 10.3. The molecule has 4 rings (SSSR count). The zero-order valence-corrected chi connectivity index (χ0v) is 11.4. The summed E-state index contributed by atoms with van der Waals surface area (Å²) in [6, 6.07) is 11.8. The van der Waals surface area contributed by atoms with E-state index in [1.54, 1.807) is 18.0 Å². The predicted molar refractivity (Wildman–Crippen MR) is 76.7 cm³/mol. The van der Waals surface area contributed by atoms with Crippen LogP contribution in [0.2, 0.25) is 0 Å². The van der Waals surface area contributed by atoms with E-state index in [0.29, 0.717) is 18.1 Å². The van der Waals surface area contributed by atoms with E-state index in [1.807, 2.05) is 36.4 Å². The number of hydrogen-bond donors (Lipinski definition) is 0. The van der Waals surface area contributed by atoms with Crippen LogP contribution >= 0.6 is 0 Å². The molecule has 0 amide bonds. The summed E-state index contributed by atoms with van der Waals surface area (Å²) in [7, 11) is 1.62. The zero-order chi connectivity index (χ0) is 14.2. The summed E-state index contributed by atoms with van der Waals surface area (Å²) in [4.78, 5) is 8.75. The molecule has 0 spiro atoms. The lowest BCUT2D eigenvalue weighted by atomic mass is 10.2. The van der Waals surface area contributed by atoms with Gasteiger partial charge in [0.05, 0.1) is 5.39 Å². The third kappa shape index (κ3) is 1.96. The molecule has 0 N–H and O–H groups in total. The molecule has 0 aliphatic carbocycles. The molecule has 1 aromatic carbocycles. The Morgan fingerprint density at radius 3 is 2.90 bits per heavy atom. The molecular formula is C15H12N4O2. The van der Waals surface area contributed by atoms with Crippen LogP contribution in [-0.4, -0.2) is 26.7 Å². The minimum absolute atomic E-state index is 0.368. The molecule has 21 heavy (non-hydrogen) atoms. The number of hydrogen-bond acceptors (Lipinski definition) is 5. The van der Waals surface area contributed by atoms with E-state index in [-0.39, 0.29) is 0 Å². The molecule has 0 fully saturated rings. The van der Waals surface area contributed by atoms with Crippen LogP contribution in [0.5, 0.6) is 0 Å². The predicted octanol–water partition coefficient (Wildman–Crippen LogP) is 2.68. The van der Waals surface area contributed by atoms with Crippen molar-refractivity contribution < 1.29 is 9.15 Å². The average molecular weight is 280 g/mol. The van der Waals surface area contributed by atoms with Gasteiger partial charge >= 0.3 is 0 Å². The first-order valence-electron chi connectivity index (χ1n) is 6.53. The fourth-order valence-electron chi connectivity index (χ4n) is 2.31. The number of furan rings is 1. The second kappa shape index (κ2) is 4.68. The maximum absolute atomic E-state index is 5.81. The van der Waals surface area contributed by atoms with Crippen LogP contribution in [0.15, 0.2) is 47.1 Å². The molecule has 0 aliphatic rings. The van der Waals surface area contributed by atoms with Crippen molar-refractivity contribution in [2.24, 2.45) is 0 Å². The van der Waals surface area contributed by atoms with Crippen LogP contribution in [0.3, 0.4) is 0 Å². The maximum atomic E-state index is 5.81. The van der Waals surface area contributed by atoms with Crippen molar-refractivity contribution in [3.05, 3.63) is 48.5 Å². The van der Waals surface area contributed by atoms with Crippen LogP contribution in [0.1, 0.15) is 5.82 Å². The molecule has 3 heterocycles. The van der Waals surface area contributed by atoms with Gasteiger partial charge in [0.25, 0.3) is 0 Å². The quantitative estimate of drug-likeness (QED) is 0.577. The van der Waals surface area contributed by atoms with Gasteiger partial charge in [0.1, 0.15) is 18.7 Å². The number of nitrogens with zero attached hydrogens (tertiary/aromatic N) is 4. The van der Waals surface area contributed by atoms with Crippen LogP contribution in [-0.2, 0) is 11.3 Å². The first-order valence-corrected chi connectivity index (χ1v) is 6.53. The van der Waals surface area contributed by atoms with Crippen LogP contribution < -0.4 is 0 Å². The molecule has 0 atom stereocenters. The third-order valence-corrected chi connectivity index (χ3v) is 3.24. The Morgan fingerprint density at radius 2 is 2.10 bits per heavy atom. The fraction of sp³-hybridized carbons (Fsp3) is 0.133. The topological polar surface area (TPSA) is 65.5 Å². The Kier molecular flexibility index (Phi) is 2.68. The Labute approximate surface area is 120 Å². The Balaban J connectivity index is 1.92. The molecule has 104 valence electrons. The molecule has 0 saturated heterocycles. The van der Waals surface area contributed by atoms with E-state index in [0.717, 1.165) is 22.4 Å². The average Bonchev–Trinajstić information content (AvgIpc) is 3.11. The van der Waals surface area contributed by atoms with Gasteiger partial charge in [0.15, 0.2) is 11.5 Å². The number of methoxy groups -OCH3 is 1. The summed E-state index contributed by atoms with van der Waals surface area (Å²) < 4.78 is 12.5. The highest BCUT2D eigenvalue weighted by molar-refractivity contribution is 5.91. The largest absolute Gasteiger partial charge is 0.438 e. The van der Waals surface area contributed by atoms with Gasteiger partial charge < -0.3 is 9.15 Å². The third-order valence-electron chi connectivity index (χ3n) is 3.24. The number of ether oxygens (including phenoxy) is 1. The van der Waals surface area contributed by atoms with Crippen LogP contribution in [0.4, 0.5) is 0 Å². The molecule has 6 heteroatoms. The number of aromatic nitrogens is 4. The molecule has 0 aliphatic heterocycles. The fourth-order valence-corrected chi connectivity index (χ4v) is 2.31. The Bertz CT molecular complexity index is 911. The lowest BCUT2D eigenvalue weighted by Crippen LogP contribution is -1.91. The Hall–Kier alpha value is -2.73. The monoisotopic (exact) mass is 280 g/mol. The molecule has 6 nitrogen and oxygen atoms in total. The summed E-state index contributed by atoms with van der Waals surface area (Å²) in [5.74, 6) is 1.39. The minimum Gasteiger partial charge on any atom is -0.438 e. The lowest BCUT2D eigenvalue weighted by Gasteiger charge is -1.93. The van der Waals surface area contributed by atoms with Crippen molar-refractivity contribution >= 4 is 16.7 Å². The standard InChI is InChI=1S/C15H12N4O2/c1-20-8-13-17-14-11-7-12(10-5-3-2-4-6-10)21-15(11)16-9-19(14)18-13/h2-7,9H,8H2,1H3. The molecule has 3 aromatic heterocycles. The molecule has 0 radical (unpaired) electrons. The van der Waals surface area contributed by atoms with E-state index in [4.69, 9.17) is 9.15 Å². The van der Waals surface area contributed by atoms with Crippen molar-refractivity contribution in [1.82, 2.24) is 19.6 Å². The maximum Gasteiger partial charge on any atom is 0.231 e. The molecule has 0 bridgehead atoms. The van der Waals surface area contributed by atoms with E-state index in [2.05, 4.69) is 15.1 Å². The van der Waals surface area contributed by atoms with E-state index in [9.17, 15) is 0 Å². The normalized spacial score (nSPS) is 11.5. The minimum atomic E-state index is 0.368. The van der Waals surface area contributed by atoms with Gasteiger partial charge in [0, 0.05) is 12.7 Å². The second-order valence-electron chi connectivity index (χ2n) is 4.67. The number of fused-ring (bicyclic) bond motifs is 3.